The van der Waals surface area contributed by atoms with E-state index >= 15 is 0 Å². The predicted octanol–water partition coefficient (Wildman–Crippen LogP) is 3.55. The molecule has 2 bridgehead atoms. The second kappa shape index (κ2) is 9.64. The van der Waals surface area contributed by atoms with Gasteiger partial charge in [-0.05, 0) is 74.3 Å². The zero-order chi connectivity index (χ0) is 26.6. The fraction of sp³-hybridized carbons (Fsp3) is 0.480. The number of nitrogens with one attached hydrogen (secondary N) is 1. The summed E-state index contributed by atoms with van der Waals surface area (Å²) >= 11 is 6.24. The van der Waals surface area contributed by atoms with Crippen LogP contribution in [0.5, 0.6) is 0 Å². The van der Waals surface area contributed by atoms with Crippen LogP contribution in [0.25, 0.3) is 0 Å². The Balaban J connectivity index is 1.61. The average molecular weight is 544 g/mol. The van der Waals surface area contributed by atoms with Crippen LogP contribution in [0.4, 0.5) is 14.5 Å². The van der Waals surface area contributed by atoms with Crippen LogP contribution in [-0.2, 0) is 9.84 Å². The molecule has 0 heterocycles. The first-order valence-corrected chi connectivity index (χ1v) is 13.6. The van der Waals surface area contributed by atoms with Gasteiger partial charge in [-0.15, -0.1) is 0 Å². The van der Waals surface area contributed by atoms with E-state index in [2.05, 4.69) is 5.32 Å². The highest BCUT2D eigenvalue weighted by molar-refractivity contribution is 7.92. The second-order valence-corrected chi connectivity index (χ2v) is 12.6. The summed E-state index contributed by atoms with van der Waals surface area (Å²) < 4.78 is 54.0. The van der Waals surface area contributed by atoms with Crippen molar-refractivity contribution in [1.29, 1.82) is 0 Å². The van der Waals surface area contributed by atoms with Crippen molar-refractivity contribution >= 4 is 33.0 Å². The highest BCUT2D eigenvalue weighted by atomic mass is 35.5. The van der Waals surface area contributed by atoms with Crippen molar-refractivity contribution in [3.63, 3.8) is 0 Å². The molecule has 2 aliphatic carbocycles. The molecule has 0 aromatic heterocycles. The van der Waals surface area contributed by atoms with Crippen LogP contribution < -0.4 is 5.32 Å². The quantitative estimate of drug-likeness (QED) is 0.442. The van der Waals surface area contributed by atoms with Crippen LogP contribution in [0.2, 0.25) is 5.02 Å². The molecule has 0 unspecified atom stereocenters. The van der Waals surface area contributed by atoms with Crippen LogP contribution in [0.3, 0.4) is 0 Å². The molecular weight excluding hydrogens is 516 g/mol. The highest BCUT2D eigenvalue weighted by Crippen LogP contribution is 2.56. The number of hydrogen-bond acceptors (Lipinski definition) is 6. The SMILES string of the molecule is C[C@H](O)[C@H](O)[C@@]1(O)[C@H]2C[C@@H](S(=O)(=O)c3cc(C(=O)Nc4ccc(F)c(F)c4)ccc3Cl)C[C@@H]1[C@@H](C)C2. The Labute approximate surface area is 213 Å². The second-order valence-electron chi connectivity index (χ2n) is 9.96. The molecule has 2 aromatic carbocycles. The van der Waals surface area contributed by atoms with Crippen LogP contribution >= 0.6 is 11.6 Å². The minimum atomic E-state index is -4.06. The van der Waals surface area contributed by atoms with Gasteiger partial charge in [0.15, 0.2) is 21.5 Å². The van der Waals surface area contributed by atoms with Gasteiger partial charge in [0.2, 0.25) is 0 Å². The Morgan fingerprint density at radius 2 is 1.81 bits per heavy atom. The third-order valence-corrected chi connectivity index (χ3v) is 10.4. The Morgan fingerprint density at radius 3 is 2.42 bits per heavy atom. The Bertz CT molecular complexity index is 1290. The van der Waals surface area contributed by atoms with Gasteiger partial charge < -0.3 is 20.6 Å². The maximum Gasteiger partial charge on any atom is 0.255 e. The molecule has 0 spiro atoms. The number of halogens is 3. The molecule has 0 radical (unpaired) electrons. The summed E-state index contributed by atoms with van der Waals surface area (Å²) in [5.41, 5.74) is -1.65. The Kier molecular flexibility index (Phi) is 7.22. The number of anilines is 1. The summed E-state index contributed by atoms with van der Waals surface area (Å²) in [4.78, 5) is 12.5. The van der Waals surface area contributed by atoms with Crippen LogP contribution in [0, 0.1) is 29.4 Å². The van der Waals surface area contributed by atoms with E-state index < -0.39 is 62.3 Å². The van der Waals surface area contributed by atoms with E-state index in [-0.39, 0.29) is 39.9 Å². The van der Waals surface area contributed by atoms with Crippen molar-refractivity contribution in [1.82, 2.24) is 0 Å². The molecule has 1 amide bonds. The minimum absolute atomic E-state index is 0.00736. The summed E-state index contributed by atoms with van der Waals surface area (Å²) in [6.07, 6.45) is -1.97. The minimum Gasteiger partial charge on any atom is -0.391 e. The average Bonchev–Trinajstić information content (AvgIpc) is 2.94. The van der Waals surface area contributed by atoms with Crippen LogP contribution in [-0.4, -0.2) is 52.7 Å². The van der Waals surface area contributed by atoms with E-state index in [0.717, 1.165) is 18.2 Å². The molecule has 36 heavy (non-hydrogen) atoms. The fourth-order valence-electron chi connectivity index (χ4n) is 5.88. The van der Waals surface area contributed by atoms with Crippen molar-refractivity contribution in [3.8, 4) is 0 Å². The summed E-state index contributed by atoms with van der Waals surface area (Å²) in [6.45, 7) is 3.27. The molecule has 196 valence electrons. The number of rotatable bonds is 6. The van der Waals surface area contributed by atoms with Gasteiger partial charge in [0.1, 0.15) is 6.10 Å². The van der Waals surface area contributed by atoms with Gasteiger partial charge in [-0.2, -0.15) is 0 Å². The number of aliphatic hydroxyl groups is 3. The van der Waals surface area contributed by atoms with Crippen molar-refractivity contribution in [2.75, 3.05) is 5.32 Å². The lowest BCUT2D eigenvalue weighted by molar-refractivity contribution is -0.175. The molecule has 2 aliphatic rings. The van der Waals surface area contributed by atoms with Crippen molar-refractivity contribution in [2.24, 2.45) is 17.8 Å². The first-order chi connectivity index (χ1) is 16.8. The number of hydrogen-bond donors (Lipinski definition) is 4. The van der Waals surface area contributed by atoms with E-state index in [0.29, 0.717) is 6.42 Å². The van der Waals surface area contributed by atoms with Gasteiger partial charge in [0, 0.05) is 17.3 Å². The fourth-order valence-corrected chi connectivity index (χ4v) is 8.26. The first kappa shape index (κ1) is 26.9. The smallest absolute Gasteiger partial charge is 0.255 e. The Hall–Kier alpha value is -2.11. The first-order valence-electron chi connectivity index (χ1n) is 11.6. The molecule has 2 aromatic rings. The molecule has 11 heteroatoms. The number of sulfone groups is 1. The molecular formula is C25H28ClF2NO6S. The number of carbonyl (C=O) groups excluding carboxylic acids is 1. The maximum atomic E-state index is 13.7. The van der Waals surface area contributed by atoms with Crippen LogP contribution in [0.1, 0.15) is 43.5 Å². The normalized spacial score (nSPS) is 29.6. The molecule has 7 nitrogen and oxygen atoms in total. The molecule has 0 aliphatic heterocycles. The van der Waals surface area contributed by atoms with Gasteiger partial charge in [0.05, 0.1) is 26.9 Å². The van der Waals surface area contributed by atoms with Gasteiger partial charge in [-0.3, -0.25) is 4.79 Å². The van der Waals surface area contributed by atoms with Crippen molar-refractivity contribution in [3.05, 3.63) is 58.6 Å². The summed E-state index contributed by atoms with van der Waals surface area (Å²) in [5.74, 6) is -4.13. The summed E-state index contributed by atoms with van der Waals surface area (Å²) in [6, 6.07) is 6.58. The summed E-state index contributed by atoms with van der Waals surface area (Å²) in [7, 11) is -4.06. The molecule has 2 fully saturated rings. The van der Waals surface area contributed by atoms with Gasteiger partial charge in [-0.1, -0.05) is 18.5 Å². The summed E-state index contributed by atoms with van der Waals surface area (Å²) in [5, 5.41) is 33.2. The lowest BCUT2D eigenvalue weighted by Crippen LogP contribution is -2.59. The highest BCUT2D eigenvalue weighted by Gasteiger charge is 2.62. The third-order valence-electron chi connectivity index (χ3n) is 7.70. The van der Waals surface area contributed by atoms with Crippen molar-refractivity contribution in [2.45, 2.75) is 61.1 Å². The van der Waals surface area contributed by atoms with Crippen molar-refractivity contribution < 1.29 is 37.3 Å². The lowest BCUT2D eigenvalue weighted by atomic mass is 9.69. The van der Waals surface area contributed by atoms with E-state index in [1.807, 2.05) is 6.92 Å². The zero-order valence-electron chi connectivity index (χ0n) is 19.7. The predicted molar refractivity (Wildman–Crippen MR) is 129 cm³/mol. The van der Waals surface area contributed by atoms with Crippen LogP contribution in [0.15, 0.2) is 41.3 Å². The molecule has 7 atom stereocenters. The molecule has 4 rings (SSSR count). The zero-order valence-corrected chi connectivity index (χ0v) is 21.2. The Morgan fingerprint density at radius 1 is 1.11 bits per heavy atom. The van der Waals surface area contributed by atoms with E-state index in [4.69, 9.17) is 11.6 Å². The van der Waals surface area contributed by atoms with E-state index in [9.17, 15) is 37.3 Å². The van der Waals surface area contributed by atoms with Gasteiger partial charge >= 0.3 is 0 Å². The number of fused-ring (bicyclic) bond motifs is 2. The largest absolute Gasteiger partial charge is 0.391 e. The lowest BCUT2D eigenvalue weighted by Gasteiger charge is -2.46. The monoisotopic (exact) mass is 543 g/mol. The molecule has 4 N–H and O–H groups in total. The number of aliphatic hydroxyl groups excluding tert-OH is 2. The standard InChI is InChI=1S/C25H28ClF2NO6S/c1-12-7-15-9-17(11-18(12)25(15,33)23(31)13(2)30)36(34,35)22-8-14(3-5-19(22)26)24(32)29-16-4-6-20(27)21(28)10-16/h3-6,8,10,12-13,15,17-18,23,30-31,33H,7,9,11H2,1-2H3,(H,29,32)/t12-,13-,15+,17+,18+,23-,25+/m0/s1. The van der Waals surface area contributed by atoms with E-state index in [1.165, 1.54) is 25.1 Å². The number of carbonyl (C=O) groups is 1. The maximum absolute atomic E-state index is 13.7. The topological polar surface area (TPSA) is 124 Å². The van der Waals surface area contributed by atoms with Gasteiger partial charge in [-0.25, -0.2) is 17.2 Å². The number of benzene rings is 2. The number of amides is 1. The van der Waals surface area contributed by atoms with E-state index in [1.54, 1.807) is 0 Å². The molecule has 0 saturated heterocycles. The third kappa shape index (κ3) is 4.54. The molecule has 2 saturated carbocycles. The van der Waals surface area contributed by atoms with Gasteiger partial charge in [0.25, 0.3) is 5.91 Å².